The standard InChI is InChI=1S/C25H21F3N2O2/c26-20-9-6-17(7-10-20)14-29-15-19-12-18-8-11-22(32-21-4-2-1-3-5-21)13-23(18)30(25(19)31)16-24(27)28/h1-13,24,29H,14-16H2. The third-order valence-corrected chi connectivity index (χ3v) is 5.00. The predicted octanol–water partition coefficient (Wildman–Crippen LogP) is 5.49. The van der Waals surface area contributed by atoms with E-state index in [0.717, 1.165) is 10.1 Å². The number of hydrogen-bond acceptors (Lipinski definition) is 3. The van der Waals surface area contributed by atoms with Crippen LogP contribution >= 0.6 is 0 Å². The number of ether oxygens (including phenoxy) is 1. The number of nitrogens with one attached hydrogen (secondary N) is 1. The Kier molecular flexibility index (Phi) is 6.56. The molecule has 0 amide bonds. The van der Waals surface area contributed by atoms with E-state index in [2.05, 4.69) is 5.32 Å². The zero-order valence-electron chi connectivity index (χ0n) is 17.1. The van der Waals surface area contributed by atoms with E-state index in [-0.39, 0.29) is 12.4 Å². The molecule has 0 atom stereocenters. The first-order valence-corrected chi connectivity index (χ1v) is 10.1. The number of para-hydroxylation sites is 1. The Morgan fingerprint density at radius 3 is 2.34 bits per heavy atom. The van der Waals surface area contributed by atoms with Crippen molar-refractivity contribution in [1.29, 1.82) is 0 Å². The molecule has 1 heterocycles. The number of fused-ring (bicyclic) bond motifs is 1. The normalized spacial score (nSPS) is 11.2. The van der Waals surface area contributed by atoms with Crippen LogP contribution in [-0.4, -0.2) is 11.0 Å². The summed E-state index contributed by atoms with van der Waals surface area (Å²) in [7, 11) is 0. The lowest BCUT2D eigenvalue weighted by Crippen LogP contribution is -2.29. The summed E-state index contributed by atoms with van der Waals surface area (Å²) in [6, 6.07) is 21.9. The van der Waals surface area contributed by atoms with E-state index < -0.39 is 18.5 Å². The number of rotatable bonds is 8. The van der Waals surface area contributed by atoms with Crippen LogP contribution in [-0.2, 0) is 19.6 Å². The van der Waals surface area contributed by atoms with E-state index in [1.165, 1.54) is 12.1 Å². The zero-order chi connectivity index (χ0) is 22.5. The summed E-state index contributed by atoms with van der Waals surface area (Å²) in [5.41, 5.74) is 1.12. The van der Waals surface area contributed by atoms with Crippen molar-refractivity contribution in [3.8, 4) is 11.5 Å². The van der Waals surface area contributed by atoms with E-state index in [1.54, 1.807) is 48.5 Å². The molecule has 0 aliphatic heterocycles. The van der Waals surface area contributed by atoms with Gasteiger partial charge in [0.2, 0.25) is 0 Å². The molecule has 32 heavy (non-hydrogen) atoms. The molecule has 0 aliphatic carbocycles. The summed E-state index contributed by atoms with van der Waals surface area (Å²) < 4.78 is 46.5. The third kappa shape index (κ3) is 5.18. The fourth-order valence-corrected chi connectivity index (χ4v) is 3.49. The molecule has 0 aliphatic rings. The van der Waals surface area contributed by atoms with Crippen LogP contribution in [0.5, 0.6) is 11.5 Å². The highest BCUT2D eigenvalue weighted by Crippen LogP contribution is 2.26. The summed E-state index contributed by atoms with van der Waals surface area (Å²) >= 11 is 0. The number of aromatic nitrogens is 1. The second-order valence-corrected chi connectivity index (χ2v) is 7.34. The summed E-state index contributed by atoms with van der Waals surface area (Å²) in [6.07, 6.45) is -2.68. The monoisotopic (exact) mass is 438 g/mol. The molecular formula is C25H21F3N2O2. The molecule has 0 spiro atoms. The second-order valence-electron chi connectivity index (χ2n) is 7.34. The predicted molar refractivity (Wildman–Crippen MR) is 118 cm³/mol. The van der Waals surface area contributed by atoms with E-state index in [1.807, 2.05) is 18.2 Å². The molecule has 0 bridgehead atoms. The Balaban J connectivity index is 1.62. The van der Waals surface area contributed by atoms with Crippen LogP contribution in [0, 0.1) is 5.82 Å². The van der Waals surface area contributed by atoms with Crippen molar-refractivity contribution in [2.24, 2.45) is 0 Å². The van der Waals surface area contributed by atoms with Gasteiger partial charge in [0.1, 0.15) is 17.3 Å². The second kappa shape index (κ2) is 9.70. The van der Waals surface area contributed by atoms with Crippen LogP contribution < -0.4 is 15.6 Å². The quantitative estimate of drug-likeness (QED) is 0.396. The minimum atomic E-state index is -2.68. The Morgan fingerprint density at radius 1 is 0.875 bits per heavy atom. The van der Waals surface area contributed by atoms with Crippen molar-refractivity contribution in [3.05, 3.63) is 106 Å². The first kappa shape index (κ1) is 21.6. The number of pyridine rings is 1. The molecule has 0 saturated carbocycles. The number of halogens is 3. The maximum atomic E-state index is 13.3. The van der Waals surface area contributed by atoms with Gasteiger partial charge in [-0.2, -0.15) is 0 Å². The molecule has 4 nitrogen and oxygen atoms in total. The lowest BCUT2D eigenvalue weighted by molar-refractivity contribution is 0.127. The lowest BCUT2D eigenvalue weighted by Gasteiger charge is -2.15. The van der Waals surface area contributed by atoms with Crippen molar-refractivity contribution in [1.82, 2.24) is 9.88 Å². The molecule has 0 unspecified atom stereocenters. The van der Waals surface area contributed by atoms with Gasteiger partial charge in [0.25, 0.3) is 12.0 Å². The fourth-order valence-electron chi connectivity index (χ4n) is 3.49. The lowest BCUT2D eigenvalue weighted by atomic mass is 10.1. The minimum absolute atomic E-state index is 0.192. The van der Waals surface area contributed by atoms with Crippen LogP contribution in [0.15, 0.2) is 83.7 Å². The Hall–Kier alpha value is -3.58. The number of alkyl halides is 2. The molecule has 4 rings (SSSR count). The largest absolute Gasteiger partial charge is 0.457 e. The van der Waals surface area contributed by atoms with Gasteiger partial charge in [-0.1, -0.05) is 30.3 Å². The van der Waals surface area contributed by atoms with Gasteiger partial charge >= 0.3 is 0 Å². The molecular weight excluding hydrogens is 417 g/mol. The van der Waals surface area contributed by atoms with Gasteiger partial charge in [0.15, 0.2) is 0 Å². The summed E-state index contributed by atoms with van der Waals surface area (Å²) in [6.45, 7) is -0.107. The summed E-state index contributed by atoms with van der Waals surface area (Å²) in [5.74, 6) is 0.735. The highest BCUT2D eigenvalue weighted by molar-refractivity contribution is 5.81. The number of benzene rings is 3. The Morgan fingerprint density at radius 2 is 1.62 bits per heavy atom. The van der Waals surface area contributed by atoms with E-state index >= 15 is 0 Å². The van der Waals surface area contributed by atoms with Crippen molar-refractivity contribution >= 4 is 10.9 Å². The van der Waals surface area contributed by atoms with Crippen LogP contribution in [0.3, 0.4) is 0 Å². The smallest absolute Gasteiger partial charge is 0.256 e. The summed E-state index contributed by atoms with van der Waals surface area (Å²) in [5, 5.41) is 3.78. The number of hydrogen-bond donors (Lipinski definition) is 1. The van der Waals surface area contributed by atoms with Gasteiger partial charge in [0.05, 0.1) is 12.1 Å². The third-order valence-electron chi connectivity index (χ3n) is 5.00. The van der Waals surface area contributed by atoms with E-state index in [9.17, 15) is 18.0 Å². The molecule has 0 saturated heterocycles. The Labute approximate surface area is 182 Å². The summed E-state index contributed by atoms with van der Waals surface area (Å²) in [4.78, 5) is 13.0. The van der Waals surface area contributed by atoms with Crippen LogP contribution in [0.4, 0.5) is 13.2 Å². The maximum Gasteiger partial charge on any atom is 0.256 e. The minimum Gasteiger partial charge on any atom is -0.457 e. The maximum absolute atomic E-state index is 13.3. The average molecular weight is 438 g/mol. The van der Waals surface area contributed by atoms with Crippen molar-refractivity contribution in [2.75, 3.05) is 0 Å². The topological polar surface area (TPSA) is 43.3 Å². The molecule has 0 fully saturated rings. The van der Waals surface area contributed by atoms with Crippen molar-refractivity contribution < 1.29 is 17.9 Å². The molecule has 1 N–H and O–H groups in total. The molecule has 0 radical (unpaired) electrons. The van der Waals surface area contributed by atoms with Gasteiger partial charge < -0.3 is 14.6 Å². The van der Waals surface area contributed by atoms with Crippen molar-refractivity contribution in [2.45, 2.75) is 26.1 Å². The van der Waals surface area contributed by atoms with Crippen LogP contribution in [0.25, 0.3) is 10.9 Å². The van der Waals surface area contributed by atoms with Gasteiger partial charge in [0, 0.05) is 24.7 Å². The molecule has 1 aromatic heterocycles. The van der Waals surface area contributed by atoms with Gasteiger partial charge in [-0.05, 0) is 53.4 Å². The fraction of sp³-hybridized carbons (Fsp3) is 0.160. The molecule has 7 heteroatoms. The first-order valence-electron chi connectivity index (χ1n) is 10.1. The van der Waals surface area contributed by atoms with E-state index in [4.69, 9.17) is 4.74 Å². The van der Waals surface area contributed by atoms with Gasteiger partial charge in [-0.25, -0.2) is 13.2 Å². The average Bonchev–Trinajstić information content (AvgIpc) is 2.78. The first-order chi connectivity index (χ1) is 15.5. The Bertz CT molecular complexity index is 1260. The van der Waals surface area contributed by atoms with E-state index in [0.29, 0.717) is 34.5 Å². The highest BCUT2D eigenvalue weighted by Gasteiger charge is 2.14. The van der Waals surface area contributed by atoms with Crippen LogP contribution in [0.1, 0.15) is 11.1 Å². The molecule has 3 aromatic carbocycles. The van der Waals surface area contributed by atoms with Gasteiger partial charge in [-0.15, -0.1) is 0 Å². The van der Waals surface area contributed by atoms with Gasteiger partial charge in [-0.3, -0.25) is 4.79 Å². The zero-order valence-corrected chi connectivity index (χ0v) is 17.1. The SMILES string of the molecule is O=c1c(CNCc2ccc(F)cc2)cc2ccc(Oc3ccccc3)cc2n1CC(F)F. The number of nitrogens with zero attached hydrogens (tertiary/aromatic N) is 1. The molecule has 164 valence electrons. The van der Waals surface area contributed by atoms with Crippen LogP contribution in [0.2, 0.25) is 0 Å². The molecule has 4 aromatic rings. The van der Waals surface area contributed by atoms with Crippen molar-refractivity contribution in [3.63, 3.8) is 0 Å². The highest BCUT2D eigenvalue weighted by atomic mass is 19.3.